The van der Waals surface area contributed by atoms with Crippen molar-refractivity contribution in [3.05, 3.63) is 23.8 Å². The number of hydrogen-bond donors (Lipinski definition) is 2. The molecule has 1 aromatic carbocycles. The number of nitrogens with one attached hydrogen (secondary N) is 1. The number of carbonyl (C=O) groups excluding carboxylic acids is 1. The summed E-state index contributed by atoms with van der Waals surface area (Å²) in [6, 6.07) is 5.38. The Morgan fingerprint density at radius 2 is 2.07 bits per heavy atom. The second-order valence-electron chi connectivity index (χ2n) is 7.58. The predicted molar refractivity (Wildman–Crippen MR) is 115 cm³/mol. The van der Waals surface area contributed by atoms with Crippen LogP contribution < -0.4 is 15.0 Å². The normalized spacial score (nSPS) is 19.5. The van der Waals surface area contributed by atoms with Gasteiger partial charge in [0.05, 0.1) is 25.9 Å². The average molecular weight is 409 g/mol. The first-order valence-corrected chi connectivity index (χ1v) is 10.3. The number of likely N-dealkylation sites (N-methyl/N-ethyl adjacent to an activating group) is 1. The highest BCUT2D eigenvalue weighted by Gasteiger charge is 2.32. The molecule has 28 heavy (non-hydrogen) atoms. The van der Waals surface area contributed by atoms with Crippen LogP contribution in [-0.4, -0.2) is 55.0 Å². The molecule has 0 fully saturated rings. The molecule has 0 aliphatic carbocycles. The number of aliphatic hydroxyl groups is 1. The van der Waals surface area contributed by atoms with Crippen molar-refractivity contribution >= 4 is 28.9 Å². The summed E-state index contributed by atoms with van der Waals surface area (Å²) >= 11 is 4.89. The van der Waals surface area contributed by atoms with Gasteiger partial charge in [0.15, 0.2) is 5.05 Å². The Bertz CT molecular complexity index is 680. The van der Waals surface area contributed by atoms with Gasteiger partial charge >= 0.3 is 0 Å². The van der Waals surface area contributed by atoms with E-state index >= 15 is 0 Å². The van der Waals surface area contributed by atoms with E-state index in [1.54, 1.807) is 6.92 Å². The van der Waals surface area contributed by atoms with Crippen LogP contribution in [0.4, 0.5) is 5.69 Å². The third-order valence-corrected chi connectivity index (χ3v) is 5.02. The van der Waals surface area contributed by atoms with E-state index in [0.717, 1.165) is 29.8 Å². The van der Waals surface area contributed by atoms with E-state index in [-0.39, 0.29) is 30.5 Å². The third-order valence-electron chi connectivity index (χ3n) is 4.90. The number of benzene rings is 1. The zero-order valence-corrected chi connectivity index (χ0v) is 18.1. The number of thiocarbonyl (C=S) groups is 1. The van der Waals surface area contributed by atoms with Crippen LogP contribution in [0.2, 0.25) is 0 Å². The largest absolute Gasteiger partial charge is 0.494 e. The minimum absolute atomic E-state index is 0.0534. The summed E-state index contributed by atoms with van der Waals surface area (Å²) in [4.78, 5) is 14.7. The maximum absolute atomic E-state index is 12.7. The second kappa shape index (κ2) is 10.6. The van der Waals surface area contributed by atoms with Crippen LogP contribution in [-0.2, 0) is 16.0 Å². The van der Waals surface area contributed by atoms with Crippen molar-refractivity contribution in [1.29, 1.82) is 0 Å². The van der Waals surface area contributed by atoms with Gasteiger partial charge in [-0.25, -0.2) is 0 Å². The number of rotatable bonds is 8. The van der Waals surface area contributed by atoms with Crippen molar-refractivity contribution in [2.45, 2.75) is 52.1 Å². The molecule has 0 aromatic heterocycles. The third kappa shape index (κ3) is 6.07. The first kappa shape index (κ1) is 22.4. The van der Waals surface area contributed by atoms with Crippen LogP contribution in [0, 0.1) is 5.92 Å². The number of ether oxygens (including phenoxy) is 2. The first-order chi connectivity index (χ1) is 13.3. The van der Waals surface area contributed by atoms with E-state index in [0.29, 0.717) is 24.7 Å². The quantitative estimate of drug-likeness (QED) is 0.509. The van der Waals surface area contributed by atoms with Gasteiger partial charge in [-0.15, -0.1) is 0 Å². The number of hydrogen-bond acceptors (Lipinski definition) is 6. The van der Waals surface area contributed by atoms with Gasteiger partial charge in [0.2, 0.25) is 5.91 Å². The molecular weight excluding hydrogens is 376 g/mol. The Kier molecular flexibility index (Phi) is 8.51. The van der Waals surface area contributed by atoms with Gasteiger partial charge in [-0.1, -0.05) is 19.9 Å². The van der Waals surface area contributed by atoms with Crippen molar-refractivity contribution in [3.8, 4) is 5.75 Å². The van der Waals surface area contributed by atoms with E-state index in [9.17, 15) is 9.90 Å². The van der Waals surface area contributed by atoms with Crippen molar-refractivity contribution in [2.75, 3.05) is 31.8 Å². The average Bonchev–Trinajstić information content (AvgIpc) is 2.63. The highest BCUT2D eigenvalue weighted by Crippen LogP contribution is 2.31. The van der Waals surface area contributed by atoms with Gasteiger partial charge in [0, 0.05) is 25.7 Å². The number of anilines is 1. The second-order valence-corrected chi connectivity index (χ2v) is 8.15. The van der Waals surface area contributed by atoms with Crippen LogP contribution >= 0.6 is 12.2 Å². The predicted octanol–water partition coefficient (Wildman–Crippen LogP) is 2.70. The first-order valence-electron chi connectivity index (χ1n) is 9.86. The molecule has 0 radical (unpaired) electrons. The summed E-state index contributed by atoms with van der Waals surface area (Å²) in [6.45, 7) is 6.95. The summed E-state index contributed by atoms with van der Waals surface area (Å²) in [5, 5.41) is 13.2. The summed E-state index contributed by atoms with van der Waals surface area (Å²) in [5.74, 6) is 0.855. The summed E-state index contributed by atoms with van der Waals surface area (Å²) in [5.41, 5.74) is 2.06. The lowest BCUT2D eigenvalue weighted by Crippen LogP contribution is -2.54. The zero-order chi connectivity index (χ0) is 20.7. The fraction of sp³-hybridized carbons (Fsp3) is 0.619. The number of nitrogens with zero attached hydrogens (tertiary/aromatic N) is 1. The molecule has 1 aliphatic heterocycles. The number of amides is 1. The topological polar surface area (TPSA) is 71.0 Å². The lowest BCUT2D eigenvalue weighted by Gasteiger charge is -2.37. The van der Waals surface area contributed by atoms with Gasteiger partial charge in [-0.3, -0.25) is 4.79 Å². The summed E-state index contributed by atoms with van der Waals surface area (Å²) in [7, 11) is 1.94. The van der Waals surface area contributed by atoms with Crippen molar-refractivity contribution in [1.82, 2.24) is 5.32 Å². The number of carbonyl (C=O) groups is 1. The molecule has 0 bridgehead atoms. The number of fused-ring (bicyclic) bond motifs is 1. The summed E-state index contributed by atoms with van der Waals surface area (Å²) in [6.07, 6.45) is 2.34. The van der Waals surface area contributed by atoms with Crippen molar-refractivity contribution < 1.29 is 19.4 Å². The fourth-order valence-corrected chi connectivity index (χ4v) is 3.62. The van der Waals surface area contributed by atoms with Gasteiger partial charge in [-0.05, 0) is 49.0 Å². The SMILES string of the molecule is CC(=S)OCCCCOc1ccc2c(c1)N(C)[C@@H](C(C)C)C(=O)NC(CO)C2. The molecule has 1 unspecified atom stereocenters. The minimum Gasteiger partial charge on any atom is -0.494 e. The van der Waals surface area contributed by atoms with Gasteiger partial charge in [-0.2, -0.15) is 0 Å². The molecule has 0 spiro atoms. The van der Waals surface area contributed by atoms with E-state index < -0.39 is 0 Å². The smallest absolute Gasteiger partial charge is 0.243 e. The lowest BCUT2D eigenvalue weighted by atomic mass is 9.95. The molecule has 1 aliphatic rings. The van der Waals surface area contributed by atoms with Crippen molar-refractivity contribution in [2.24, 2.45) is 5.92 Å². The highest BCUT2D eigenvalue weighted by atomic mass is 32.1. The van der Waals surface area contributed by atoms with E-state index in [1.807, 2.05) is 44.0 Å². The van der Waals surface area contributed by atoms with E-state index in [4.69, 9.17) is 21.7 Å². The fourth-order valence-electron chi connectivity index (χ4n) is 3.53. The molecular formula is C21H32N2O4S. The maximum atomic E-state index is 12.7. The molecule has 0 saturated carbocycles. The van der Waals surface area contributed by atoms with Crippen LogP contribution in [0.25, 0.3) is 0 Å². The molecule has 1 heterocycles. The van der Waals surface area contributed by atoms with Crippen LogP contribution in [0.15, 0.2) is 18.2 Å². The van der Waals surface area contributed by atoms with Crippen LogP contribution in [0.1, 0.15) is 39.2 Å². The molecule has 7 heteroatoms. The van der Waals surface area contributed by atoms with Gasteiger partial charge < -0.3 is 24.8 Å². The van der Waals surface area contributed by atoms with Crippen LogP contribution in [0.3, 0.4) is 0 Å². The molecule has 2 N–H and O–H groups in total. The van der Waals surface area contributed by atoms with Gasteiger partial charge in [0.25, 0.3) is 0 Å². The van der Waals surface area contributed by atoms with Crippen molar-refractivity contribution in [3.63, 3.8) is 0 Å². The molecule has 2 rings (SSSR count). The zero-order valence-electron chi connectivity index (χ0n) is 17.2. The summed E-state index contributed by atoms with van der Waals surface area (Å²) < 4.78 is 11.2. The Labute approximate surface area is 173 Å². The monoisotopic (exact) mass is 408 g/mol. The van der Waals surface area contributed by atoms with Crippen LogP contribution in [0.5, 0.6) is 5.75 Å². The molecule has 156 valence electrons. The highest BCUT2D eigenvalue weighted by molar-refractivity contribution is 7.80. The number of unbranched alkanes of at least 4 members (excludes halogenated alkanes) is 1. The molecule has 1 amide bonds. The Morgan fingerprint density at radius 1 is 1.36 bits per heavy atom. The Hall–Kier alpha value is -1.86. The minimum atomic E-state index is -0.307. The standard InChI is InChI=1S/C21H32N2O4S/c1-14(2)20-21(25)22-17(13-24)11-16-7-8-18(12-19(16)23(20)4)27-10-6-5-9-26-15(3)28/h7-8,12,14,17,20,24H,5-6,9-11,13H2,1-4H3,(H,22,25)/t17?,20-/m0/s1. The Morgan fingerprint density at radius 3 is 2.71 bits per heavy atom. The number of aliphatic hydroxyl groups excluding tert-OH is 1. The Balaban J connectivity index is 2.11. The molecule has 6 nitrogen and oxygen atoms in total. The lowest BCUT2D eigenvalue weighted by molar-refractivity contribution is -0.124. The van der Waals surface area contributed by atoms with E-state index in [2.05, 4.69) is 5.32 Å². The van der Waals surface area contributed by atoms with E-state index in [1.165, 1.54) is 0 Å². The molecule has 2 atom stereocenters. The van der Waals surface area contributed by atoms with Gasteiger partial charge in [0.1, 0.15) is 11.8 Å². The maximum Gasteiger partial charge on any atom is 0.243 e. The molecule has 1 aromatic rings. The molecule has 0 saturated heterocycles.